The maximum Gasteiger partial charge on any atom is 0.212 e. The van der Waals surface area contributed by atoms with E-state index in [-0.39, 0.29) is 0 Å². The summed E-state index contributed by atoms with van der Waals surface area (Å²) in [6.07, 6.45) is 1.81. The van der Waals surface area contributed by atoms with E-state index < -0.39 is 0 Å². The van der Waals surface area contributed by atoms with Crippen LogP contribution in [0.1, 0.15) is 11.1 Å². The van der Waals surface area contributed by atoms with E-state index in [9.17, 15) is 0 Å². The van der Waals surface area contributed by atoms with Gasteiger partial charge in [0.1, 0.15) is 0 Å². The highest BCUT2D eigenvalue weighted by atomic mass is 35.5. The molecule has 0 saturated heterocycles. The van der Waals surface area contributed by atoms with Crippen molar-refractivity contribution in [3.05, 3.63) is 46.6 Å². The number of rotatable bonds is 2. The van der Waals surface area contributed by atoms with Crippen LogP contribution in [0.4, 0.5) is 0 Å². The van der Waals surface area contributed by atoms with E-state index in [0.29, 0.717) is 5.88 Å². The topological polar surface area (TPSA) is 22.1 Å². The number of pyridine rings is 1. The molecule has 2 aromatic rings. The lowest BCUT2D eigenvalue weighted by Gasteiger charge is -2.08. The molecule has 0 radical (unpaired) electrons. The summed E-state index contributed by atoms with van der Waals surface area (Å²) in [5, 5.41) is 0.829. The number of halogens is 1. The molecule has 88 valence electrons. The van der Waals surface area contributed by atoms with Gasteiger partial charge in [0, 0.05) is 22.8 Å². The van der Waals surface area contributed by atoms with E-state index in [1.807, 2.05) is 26.0 Å². The van der Waals surface area contributed by atoms with E-state index in [1.165, 1.54) is 0 Å². The molecule has 0 bridgehead atoms. The largest absolute Gasteiger partial charge is 0.481 e. The Kier molecular flexibility index (Phi) is 3.34. The van der Waals surface area contributed by atoms with Gasteiger partial charge in [0.05, 0.1) is 7.11 Å². The zero-order chi connectivity index (χ0) is 12.4. The third-order valence-corrected chi connectivity index (χ3v) is 3.31. The predicted octanol–water partition coefficient (Wildman–Crippen LogP) is 4.03. The summed E-state index contributed by atoms with van der Waals surface area (Å²) in [5.41, 5.74) is 4.35. The average Bonchev–Trinajstić information content (AvgIpc) is 2.35. The van der Waals surface area contributed by atoms with Crippen LogP contribution in [0.25, 0.3) is 11.1 Å². The molecule has 0 fully saturated rings. The van der Waals surface area contributed by atoms with Gasteiger partial charge in [0.2, 0.25) is 5.88 Å². The Labute approximate surface area is 106 Å². The third kappa shape index (κ3) is 2.42. The Bertz CT molecular complexity index is 511. The lowest BCUT2D eigenvalue weighted by atomic mass is 10.0. The SMILES string of the molecule is COc1ccc(-c2cc(C)c(Cl)c(C)c2)cn1. The molecule has 0 amide bonds. The predicted molar refractivity (Wildman–Crippen MR) is 70.7 cm³/mol. The minimum absolute atomic E-state index is 0.621. The smallest absolute Gasteiger partial charge is 0.212 e. The first kappa shape index (κ1) is 11.9. The summed E-state index contributed by atoms with van der Waals surface area (Å²) in [4.78, 5) is 4.20. The molecule has 0 N–H and O–H groups in total. The van der Waals surface area contributed by atoms with Gasteiger partial charge in [-0.1, -0.05) is 11.6 Å². The number of nitrogens with zero attached hydrogens (tertiary/aromatic N) is 1. The summed E-state index contributed by atoms with van der Waals surface area (Å²) < 4.78 is 5.04. The second-order valence-electron chi connectivity index (χ2n) is 4.01. The molecular formula is C14H14ClNO. The molecule has 1 heterocycles. The highest BCUT2D eigenvalue weighted by molar-refractivity contribution is 6.32. The van der Waals surface area contributed by atoms with Crippen molar-refractivity contribution in [3.63, 3.8) is 0 Å². The molecule has 0 aliphatic rings. The molecule has 3 heteroatoms. The lowest BCUT2D eigenvalue weighted by Crippen LogP contribution is -1.89. The maximum absolute atomic E-state index is 6.15. The molecule has 0 atom stereocenters. The zero-order valence-corrected chi connectivity index (χ0v) is 10.9. The monoisotopic (exact) mass is 247 g/mol. The van der Waals surface area contributed by atoms with Gasteiger partial charge in [-0.15, -0.1) is 0 Å². The van der Waals surface area contributed by atoms with Crippen LogP contribution in [0.15, 0.2) is 30.5 Å². The number of ether oxygens (including phenoxy) is 1. The number of aryl methyl sites for hydroxylation is 2. The van der Waals surface area contributed by atoms with Gasteiger partial charge < -0.3 is 4.74 Å². The molecule has 2 rings (SSSR count). The van der Waals surface area contributed by atoms with E-state index in [0.717, 1.165) is 27.3 Å². The average molecular weight is 248 g/mol. The van der Waals surface area contributed by atoms with Crippen molar-refractivity contribution in [3.8, 4) is 17.0 Å². The normalized spacial score (nSPS) is 10.4. The van der Waals surface area contributed by atoms with Crippen LogP contribution < -0.4 is 4.74 Å². The summed E-state index contributed by atoms with van der Waals surface area (Å²) in [7, 11) is 1.61. The van der Waals surface area contributed by atoms with Crippen LogP contribution in [-0.4, -0.2) is 12.1 Å². The van der Waals surface area contributed by atoms with Crippen molar-refractivity contribution in [2.75, 3.05) is 7.11 Å². The Morgan fingerprint density at radius 2 is 1.71 bits per heavy atom. The minimum Gasteiger partial charge on any atom is -0.481 e. The van der Waals surface area contributed by atoms with Crippen molar-refractivity contribution >= 4 is 11.6 Å². The Hall–Kier alpha value is -1.54. The summed E-state index contributed by atoms with van der Waals surface area (Å²) in [6, 6.07) is 7.99. The summed E-state index contributed by atoms with van der Waals surface area (Å²) >= 11 is 6.15. The maximum atomic E-state index is 6.15. The Morgan fingerprint density at radius 1 is 1.06 bits per heavy atom. The van der Waals surface area contributed by atoms with Gasteiger partial charge in [-0.25, -0.2) is 4.98 Å². The van der Waals surface area contributed by atoms with E-state index >= 15 is 0 Å². The van der Waals surface area contributed by atoms with E-state index in [4.69, 9.17) is 16.3 Å². The fraction of sp³-hybridized carbons (Fsp3) is 0.214. The molecule has 17 heavy (non-hydrogen) atoms. The summed E-state index contributed by atoms with van der Waals surface area (Å²) in [6.45, 7) is 4.02. The second-order valence-corrected chi connectivity index (χ2v) is 4.39. The summed E-state index contributed by atoms with van der Waals surface area (Å²) in [5.74, 6) is 0.621. The van der Waals surface area contributed by atoms with Crippen LogP contribution in [-0.2, 0) is 0 Å². The van der Waals surface area contributed by atoms with Gasteiger partial charge in [0.15, 0.2) is 0 Å². The highest BCUT2D eigenvalue weighted by Crippen LogP contribution is 2.28. The Morgan fingerprint density at radius 3 is 2.18 bits per heavy atom. The quantitative estimate of drug-likeness (QED) is 0.800. The number of hydrogen-bond donors (Lipinski definition) is 0. The number of aromatic nitrogens is 1. The van der Waals surface area contributed by atoms with Crippen molar-refractivity contribution in [2.45, 2.75) is 13.8 Å². The van der Waals surface area contributed by atoms with E-state index in [1.54, 1.807) is 13.3 Å². The lowest BCUT2D eigenvalue weighted by molar-refractivity contribution is 0.398. The van der Waals surface area contributed by atoms with Crippen molar-refractivity contribution in [2.24, 2.45) is 0 Å². The highest BCUT2D eigenvalue weighted by Gasteiger charge is 2.05. The van der Waals surface area contributed by atoms with Gasteiger partial charge in [-0.2, -0.15) is 0 Å². The van der Waals surface area contributed by atoms with Gasteiger partial charge in [0.25, 0.3) is 0 Å². The first-order chi connectivity index (χ1) is 8.11. The van der Waals surface area contributed by atoms with Gasteiger partial charge in [-0.3, -0.25) is 0 Å². The van der Waals surface area contributed by atoms with Gasteiger partial charge >= 0.3 is 0 Å². The standard InChI is InChI=1S/C14H14ClNO/c1-9-6-12(7-10(2)14(9)15)11-4-5-13(17-3)16-8-11/h4-8H,1-3H3. The second kappa shape index (κ2) is 4.76. The zero-order valence-electron chi connectivity index (χ0n) is 10.1. The minimum atomic E-state index is 0.621. The van der Waals surface area contributed by atoms with Crippen LogP contribution in [0.3, 0.4) is 0 Å². The van der Waals surface area contributed by atoms with Gasteiger partial charge in [-0.05, 0) is 48.7 Å². The number of benzene rings is 1. The fourth-order valence-corrected chi connectivity index (χ4v) is 1.89. The van der Waals surface area contributed by atoms with E-state index in [2.05, 4.69) is 17.1 Å². The van der Waals surface area contributed by atoms with Crippen LogP contribution >= 0.6 is 11.6 Å². The molecule has 0 aliphatic carbocycles. The fourth-order valence-electron chi connectivity index (χ4n) is 1.78. The number of hydrogen-bond acceptors (Lipinski definition) is 2. The molecule has 0 unspecified atom stereocenters. The van der Waals surface area contributed by atoms with Crippen LogP contribution in [0, 0.1) is 13.8 Å². The van der Waals surface area contributed by atoms with Crippen LogP contribution in [0.5, 0.6) is 5.88 Å². The molecule has 0 spiro atoms. The Balaban J connectivity index is 2.45. The molecule has 1 aromatic heterocycles. The first-order valence-electron chi connectivity index (χ1n) is 5.39. The van der Waals surface area contributed by atoms with Crippen molar-refractivity contribution in [1.82, 2.24) is 4.98 Å². The molecule has 1 aromatic carbocycles. The van der Waals surface area contributed by atoms with Crippen molar-refractivity contribution in [1.29, 1.82) is 0 Å². The first-order valence-corrected chi connectivity index (χ1v) is 5.77. The third-order valence-electron chi connectivity index (χ3n) is 2.72. The molecule has 2 nitrogen and oxygen atoms in total. The molecule has 0 aliphatic heterocycles. The van der Waals surface area contributed by atoms with Crippen LogP contribution in [0.2, 0.25) is 5.02 Å². The molecular weight excluding hydrogens is 234 g/mol. The number of methoxy groups -OCH3 is 1. The molecule has 0 saturated carbocycles. The van der Waals surface area contributed by atoms with Crippen molar-refractivity contribution < 1.29 is 4.74 Å².